The molecule has 2 rings (SSSR count). The first-order chi connectivity index (χ1) is 9.22. The number of carbonyl (C=O) groups is 1. The summed E-state index contributed by atoms with van der Waals surface area (Å²) in [5, 5.41) is 0. The van der Waals surface area contributed by atoms with Crippen LogP contribution in [0, 0.1) is 0 Å². The highest BCUT2D eigenvalue weighted by Gasteiger charge is 2.34. The number of aromatic nitrogens is 1. The zero-order chi connectivity index (χ0) is 13.7. The summed E-state index contributed by atoms with van der Waals surface area (Å²) in [5.41, 5.74) is 6.95. The molecule has 0 spiro atoms. The summed E-state index contributed by atoms with van der Waals surface area (Å²) in [7, 11) is 0. The van der Waals surface area contributed by atoms with E-state index in [-0.39, 0.29) is 11.9 Å². The third kappa shape index (κ3) is 4.03. The lowest BCUT2D eigenvalue weighted by atomic mass is 10.1. The molecule has 104 valence electrons. The standard InChI is InChI=1S/C15H23N3O/c1-2-3-7-14(16)15(19)18(13-8-9-13)11-12-6-4-5-10-17-12/h4-6,10,13-14H,2-3,7-9,11,16H2,1H3/t14-/m0/s1. The van der Waals surface area contributed by atoms with Gasteiger partial charge < -0.3 is 10.6 Å². The van der Waals surface area contributed by atoms with E-state index >= 15 is 0 Å². The number of rotatable bonds is 7. The number of pyridine rings is 1. The fourth-order valence-electron chi connectivity index (χ4n) is 2.20. The van der Waals surface area contributed by atoms with Gasteiger partial charge in [-0.2, -0.15) is 0 Å². The first-order valence-electron chi connectivity index (χ1n) is 7.18. The van der Waals surface area contributed by atoms with E-state index in [4.69, 9.17) is 5.73 Å². The molecule has 0 bridgehead atoms. The molecule has 4 heteroatoms. The average Bonchev–Trinajstić information content (AvgIpc) is 3.27. The minimum Gasteiger partial charge on any atom is -0.332 e. The molecule has 1 aliphatic rings. The normalized spacial score (nSPS) is 16.1. The third-order valence-corrected chi connectivity index (χ3v) is 3.52. The highest BCUT2D eigenvalue weighted by molar-refractivity contribution is 5.82. The molecule has 1 fully saturated rings. The Morgan fingerprint density at radius 2 is 2.32 bits per heavy atom. The molecule has 0 aromatic carbocycles. The van der Waals surface area contributed by atoms with E-state index < -0.39 is 0 Å². The maximum atomic E-state index is 12.4. The molecule has 1 saturated carbocycles. The van der Waals surface area contributed by atoms with Gasteiger partial charge in [0.25, 0.3) is 0 Å². The van der Waals surface area contributed by atoms with Gasteiger partial charge in [-0.05, 0) is 31.4 Å². The van der Waals surface area contributed by atoms with Gasteiger partial charge in [-0.1, -0.05) is 25.8 Å². The summed E-state index contributed by atoms with van der Waals surface area (Å²) in [4.78, 5) is 18.6. The van der Waals surface area contributed by atoms with Crippen molar-refractivity contribution >= 4 is 5.91 Å². The van der Waals surface area contributed by atoms with E-state index in [0.717, 1.165) is 37.8 Å². The number of amides is 1. The Morgan fingerprint density at radius 1 is 1.53 bits per heavy atom. The van der Waals surface area contributed by atoms with Crippen LogP contribution in [0.3, 0.4) is 0 Å². The molecule has 2 N–H and O–H groups in total. The lowest BCUT2D eigenvalue weighted by Crippen LogP contribution is -2.44. The molecule has 1 aromatic heterocycles. The van der Waals surface area contributed by atoms with Gasteiger partial charge in [0, 0.05) is 12.2 Å². The fraction of sp³-hybridized carbons (Fsp3) is 0.600. The summed E-state index contributed by atoms with van der Waals surface area (Å²) in [6.07, 6.45) is 6.82. The van der Waals surface area contributed by atoms with E-state index in [1.54, 1.807) is 6.20 Å². The molecule has 0 aliphatic heterocycles. The van der Waals surface area contributed by atoms with Gasteiger partial charge in [-0.25, -0.2) is 0 Å². The van der Waals surface area contributed by atoms with Crippen molar-refractivity contribution < 1.29 is 4.79 Å². The van der Waals surface area contributed by atoms with Crippen molar-refractivity contribution in [3.05, 3.63) is 30.1 Å². The van der Waals surface area contributed by atoms with Gasteiger partial charge in [0.15, 0.2) is 0 Å². The predicted molar refractivity (Wildman–Crippen MR) is 75.3 cm³/mol. The smallest absolute Gasteiger partial charge is 0.240 e. The quantitative estimate of drug-likeness (QED) is 0.817. The number of hydrogen-bond acceptors (Lipinski definition) is 3. The van der Waals surface area contributed by atoms with Crippen LogP contribution in [0.4, 0.5) is 0 Å². The van der Waals surface area contributed by atoms with Crippen LogP contribution in [0.25, 0.3) is 0 Å². The monoisotopic (exact) mass is 261 g/mol. The van der Waals surface area contributed by atoms with Crippen LogP contribution < -0.4 is 5.73 Å². The maximum absolute atomic E-state index is 12.4. The first kappa shape index (κ1) is 14.0. The van der Waals surface area contributed by atoms with Crippen molar-refractivity contribution in [2.24, 2.45) is 5.73 Å². The molecule has 0 unspecified atom stereocenters. The Kier molecular flexibility index (Phi) is 4.91. The molecular formula is C15H23N3O. The number of unbranched alkanes of at least 4 members (excludes halogenated alkanes) is 1. The van der Waals surface area contributed by atoms with Crippen molar-refractivity contribution in [2.45, 2.75) is 57.7 Å². The molecule has 1 aliphatic carbocycles. The van der Waals surface area contributed by atoms with Crippen LogP contribution in [0.1, 0.15) is 44.7 Å². The molecule has 1 atom stereocenters. The highest BCUT2D eigenvalue weighted by atomic mass is 16.2. The summed E-state index contributed by atoms with van der Waals surface area (Å²) in [6, 6.07) is 5.82. The Labute approximate surface area is 115 Å². The fourth-order valence-corrected chi connectivity index (χ4v) is 2.20. The van der Waals surface area contributed by atoms with Crippen LogP contribution in [0.5, 0.6) is 0 Å². The topological polar surface area (TPSA) is 59.2 Å². The van der Waals surface area contributed by atoms with Crippen LogP contribution >= 0.6 is 0 Å². The first-order valence-corrected chi connectivity index (χ1v) is 7.18. The second-order valence-electron chi connectivity index (χ2n) is 5.27. The average molecular weight is 261 g/mol. The van der Waals surface area contributed by atoms with E-state index in [1.807, 2.05) is 23.1 Å². The molecule has 0 saturated heterocycles. The Morgan fingerprint density at radius 3 is 2.89 bits per heavy atom. The zero-order valence-electron chi connectivity index (χ0n) is 11.6. The van der Waals surface area contributed by atoms with Crippen LogP contribution in [-0.4, -0.2) is 27.9 Å². The SMILES string of the molecule is CCCC[C@H](N)C(=O)N(Cc1ccccn1)C1CC1. The Hall–Kier alpha value is -1.42. The van der Waals surface area contributed by atoms with E-state index in [2.05, 4.69) is 11.9 Å². The largest absolute Gasteiger partial charge is 0.332 e. The maximum Gasteiger partial charge on any atom is 0.240 e. The van der Waals surface area contributed by atoms with E-state index in [9.17, 15) is 4.79 Å². The van der Waals surface area contributed by atoms with Gasteiger partial charge >= 0.3 is 0 Å². The highest BCUT2D eigenvalue weighted by Crippen LogP contribution is 2.28. The minimum atomic E-state index is -0.357. The molecule has 0 radical (unpaired) electrons. The molecule has 1 aromatic rings. The van der Waals surface area contributed by atoms with Gasteiger partial charge in [-0.3, -0.25) is 9.78 Å². The minimum absolute atomic E-state index is 0.0848. The third-order valence-electron chi connectivity index (χ3n) is 3.52. The predicted octanol–water partition coefficient (Wildman–Crippen LogP) is 2.09. The molecule has 1 heterocycles. The van der Waals surface area contributed by atoms with Crippen LogP contribution in [-0.2, 0) is 11.3 Å². The number of nitrogens with zero attached hydrogens (tertiary/aromatic N) is 2. The second kappa shape index (κ2) is 6.66. The zero-order valence-corrected chi connectivity index (χ0v) is 11.6. The molecule has 19 heavy (non-hydrogen) atoms. The number of nitrogens with two attached hydrogens (primary N) is 1. The van der Waals surface area contributed by atoms with E-state index in [1.165, 1.54) is 0 Å². The molecule has 4 nitrogen and oxygen atoms in total. The van der Waals surface area contributed by atoms with Crippen molar-refractivity contribution in [2.75, 3.05) is 0 Å². The van der Waals surface area contributed by atoms with E-state index in [0.29, 0.717) is 12.6 Å². The van der Waals surface area contributed by atoms with Gasteiger partial charge in [0.05, 0.1) is 18.3 Å². The number of carbonyl (C=O) groups excluding carboxylic acids is 1. The van der Waals surface area contributed by atoms with Gasteiger partial charge in [0.1, 0.15) is 0 Å². The Balaban J connectivity index is 1.97. The molecular weight excluding hydrogens is 238 g/mol. The van der Waals surface area contributed by atoms with Crippen LogP contribution in [0.15, 0.2) is 24.4 Å². The summed E-state index contributed by atoms with van der Waals surface area (Å²) < 4.78 is 0. The molecule has 1 amide bonds. The van der Waals surface area contributed by atoms with Gasteiger partial charge in [-0.15, -0.1) is 0 Å². The summed E-state index contributed by atoms with van der Waals surface area (Å²) >= 11 is 0. The van der Waals surface area contributed by atoms with Crippen molar-refractivity contribution in [1.29, 1.82) is 0 Å². The number of hydrogen-bond donors (Lipinski definition) is 1. The summed E-state index contributed by atoms with van der Waals surface area (Å²) in [6.45, 7) is 2.70. The van der Waals surface area contributed by atoms with Crippen molar-refractivity contribution in [1.82, 2.24) is 9.88 Å². The summed E-state index contributed by atoms with van der Waals surface area (Å²) in [5.74, 6) is 0.0848. The van der Waals surface area contributed by atoms with Crippen molar-refractivity contribution in [3.63, 3.8) is 0 Å². The second-order valence-corrected chi connectivity index (χ2v) is 5.27. The van der Waals surface area contributed by atoms with Crippen LogP contribution in [0.2, 0.25) is 0 Å². The lowest BCUT2D eigenvalue weighted by Gasteiger charge is -2.25. The van der Waals surface area contributed by atoms with Gasteiger partial charge in [0.2, 0.25) is 5.91 Å². The van der Waals surface area contributed by atoms with Crippen molar-refractivity contribution in [3.8, 4) is 0 Å². The Bertz CT molecular complexity index is 403. The lowest BCUT2D eigenvalue weighted by molar-refractivity contribution is -0.134.